The van der Waals surface area contributed by atoms with Gasteiger partial charge >= 0.3 is 6.09 Å². The van der Waals surface area contributed by atoms with Crippen LogP contribution < -0.4 is 5.43 Å². The van der Waals surface area contributed by atoms with Gasteiger partial charge in [-0.25, -0.2) is 9.47 Å². The first-order valence-electron chi connectivity index (χ1n) is 10.0. The molecule has 3 heterocycles. The van der Waals surface area contributed by atoms with Crippen LogP contribution in [0.15, 0.2) is 30.3 Å². The molecule has 2 aliphatic rings. The van der Waals surface area contributed by atoms with Crippen LogP contribution in [0.25, 0.3) is 10.9 Å². The Morgan fingerprint density at radius 3 is 2.48 bits per heavy atom. The van der Waals surface area contributed by atoms with E-state index < -0.39 is 5.60 Å². The molecule has 2 unspecified atom stereocenters. The van der Waals surface area contributed by atoms with Gasteiger partial charge in [-0.1, -0.05) is 18.2 Å². The van der Waals surface area contributed by atoms with Gasteiger partial charge in [0.15, 0.2) is 0 Å². The number of nitrogens with zero attached hydrogens (tertiary/aromatic N) is 3. The van der Waals surface area contributed by atoms with E-state index in [0.717, 1.165) is 23.7 Å². The molecule has 1 aromatic carbocycles. The summed E-state index contributed by atoms with van der Waals surface area (Å²) in [6.07, 6.45) is 1.58. The number of carbonyl (C=O) groups excluding carboxylic acids is 2. The summed E-state index contributed by atoms with van der Waals surface area (Å²) in [6.45, 7) is 7.10. The first-order valence-corrected chi connectivity index (χ1v) is 10.0. The SMILES string of the molecule is CC(C)(C)OC(=O)N1C2CCC1CN(CC(=O)Nn1c(O)cc3ccccc31)C2. The molecule has 2 atom stereocenters. The Kier molecular flexibility index (Phi) is 4.90. The van der Waals surface area contributed by atoms with Crippen molar-refractivity contribution in [2.24, 2.45) is 0 Å². The quantitative estimate of drug-likeness (QED) is 0.827. The molecule has 1 aromatic heterocycles. The van der Waals surface area contributed by atoms with Crippen LogP contribution in [0.2, 0.25) is 0 Å². The van der Waals surface area contributed by atoms with Crippen molar-refractivity contribution in [1.29, 1.82) is 0 Å². The monoisotopic (exact) mass is 400 g/mol. The fraction of sp³-hybridized carbons (Fsp3) is 0.524. The van der Waals surface area contributed by atoms with E-state index >= 15 is 0 Å². The normalized spacial score (nSPS) is 22.1. The van der Waals surface area contributed by atoms with Crippen molar-refractivity contribution in [2.45, 2.75) is 51.3 Å². The van der Waals surface area contributed by atoms with E-state index in [4.69, 9.17) is 4.74 Å². The zero-order valence-corrected chi connectivity index (χ0v) is 17.1. The number of rotatable bonds is 3. The maximum atomic E-state index is 12.6. The van der Waals surface area contributed by atoms with Gasteiger partial charge in [0.1, 0.15) is 5.60 Å². The van der Waals surface area contributed by atoms with Crippen LogP contribution in [-0.4, -0.2) is 68.9 Å². The highest BCUT2D eigenvalue weighted by molar-refractivity contribution is 5.90. The van der Waals surface area contributed by atoms with E-state index in [9.17, 15) is 14.7 Å². The van der Waals surface area contributed by atoms with Gasteiger partial charge in [-0.2, -0.15) is 0 Å². The van der Waals surface area contributed by atoms with Crippen LogP contribution in [0, 0.1) is 0 Å². The number of benzene rings is 1. The molecular weight excluding hydrogens is 372 g/mol. The standard InChI is InChI=1S/C21H28N4O4/c1-21(2,3)29-20(28)24-15-8-9-16(24)12-23(11-15)13-18(26)22-25-17-7-5-4-6-14(17)10-19(25)27/h4-7,10,15-16,27H,8-9,11-13H2,1-3H3,(H,22,26). The Bertz CT molecular complexity index is 918. The minimum absolute atomic E-state index is 0.00522. The Morgan fingerprint density at radius 2 is 1.83 bits per heavy atom. The number of fused-ring (bicyclic) bond motifs is 3. The van der Waals surface area contributed by atoms with Crippen LogP contribution >= 0.6 is 0 Å². The number of hydrogen-bond acceptors (Lipinski definition) is 5. The minimum Gasteiger partial charge on any atom is -0.493 e. The smallest absolute Gasteiger partial charge is 0.410 e. The number of aromatic nitrogens is 1. The number of aromatic hydroxyl groups is 1. The third-order valence-electron chi connectivity index (χ3n) is 5.46. The number of para-hydroxylation sites is 1. The van der Waals surface area contributed by atoms with Gasteiger partial charge in [-0.15, -0.1) is 0 Å². The fourth-order valence-corrected chi connectivity index (χ4v) is 4.35. The lowest BCUT2D eigenvalue weighted by Crippen LogP contribution is -2.57. The van der Waals surface area contributed by atoms with Crippen LogP contribution in [0.4, 0.5) is 4.79 Å². The van der Waals surface area contributed by atoms with Crippen molar-refractivity contribution in [3.8, 4) is 5.88 Å². The molecule has 2 fully saturated rings. The van der Waals surface area contributed by atoms with Crippen LogP contribution in [0.3, 0.4) is 0 Å². The molecule has 2 aliphatic heterocycles. The second-order valence-electron chi connectivity index (χ2n) is 8.90. The van der Waals surface area contributed by atoms with E-state index in [1.54, 1.807) is 6.07 Å². The Labute approximate surface area is 170 Å². The van der Waals surface area contributed by atoms with Crippen molar-refractivity contribution in [1.82, 2.24) is 14.5 Å². The summed E-state index contributed by atoms with van der Waals surface area (Å²) in [5.74, 6) is -0.207. The number of carbonyl (C=O) groups is 2. The summed E-state index contributed by atoms with van der Waals surface area (Å²) in [6, 6.07) is 9.22. The number of ether oxygens (including phenoxy) is 1. The van der Waals surface area contributed by atoms with Crippen LogP contribution in [-0.2, 0) is 9.53 Å². The molecule has 8 heteroatoms. The van der Waals surface area contributed by atoms with Crippen molar-refractivity contribution >= 4 is 22.9 Å². The third-order valence-corrected chi connectivity index (χ3v) is 5.46. The topological polar surface area (TPSA) is 87.0 Å². The van der Waals surface area contributed by atoms with E-state index in [-0.39, 0.29) is 36.5 Å². The average molecular weight is 400 g/mol. The molecule has 0 spiro atoms. The molecule has 156 valence electrons. The lowest BCUT2D eigenvalue weighted by atomic mass is 10.2. The summed E-state index contributed by atoms with van der Waals surface area (Å²) in [4.78, 5) is 29.1. The Balaban J connectivity index is 1.38. The molecule has 2 aromatic rings. The lowest BCUT2D eigenvalue weighted by Gasteiger charge is -2.41. The van der Waals surface area contributed by atoms with Gasteiger partial charge in [0, 0.05) is 36.6 Å². The molecule has 2 saturated heterocycles. The summed E-state index contributed by atoms with van der Waals surface area (Å²) >= 11 is 0. The minimum atomic E-state index is -0.519. The molecular formula is C21H28N4O4. The molecule has 0 saturated carbocycles. The Morgan fingerprint density at radius 1 is 1.17 bits per heavy atom. The van der Waals surface area contributed by atoms with E-state index in [1.165, 1.54) is 4.68 Å². The predicted octanol–water partition coefficient (Wildman–Crippen LogP) is 2.50. The molecule has 4 rings (SSSR count). The van der Waals surface area contributed by atoms with E-state index in [2.05, 4.69) is 10.3 Å². The van der Waals surface area contributed by atoms with Crippen molar-refractivity contribution < 1.29 is 19.4 Å². The van der Waals surface area contributed by atoms with Gasteiger partial charge in [-0.05, 0) is 39.7 Å². The van der Waals surface area contributed by atoms with E-state index in [1.807, 2.05) is 49.9 Å². The summed E-state index contributed by atoms with van der Waals surface area (Å²) in [5.41, 5.74) is 3.00. The Hall–Kier alpha value is -2.74. The summed E-state index contributed by atoms with van der Waals surface area (Å²) < 4.78 is 6.96. The molecule has 2 bridgehead atoms. The summed E-state index contributed by atoms with van der Waals surface area (Å²) in [5, 5.41) is 11.0. The first-order chi connectivity index (χ1) is 13.7. The molecule has 0 aliphatic carbocycles. The first kappa shape index (κ1) is 19.6. The predicted molar refractivity (Wildman–Crippen MR) is 109 cm³/mol. The number of hydrogen-bond donors (Lipinski definition) is 2. The zero-order chi connectivity index (χ0) is 20.8. The third kappa shape index (κ3) is 4.03. The van der Waals surface area contributed by atoms with Crippen molar-refractivity contribution in [2.75, 3.05) is 25.1 Å². The molecule has 2 amide bonds. The number of likely N-dealkylation sites (tertiary alicyclic amines) is 1. The van der Waals surface area contributed by atoms with Crippen LogP contribution in [0.5, 0.6) is 5.88 Å². The highest BCUT2D eigenvalue weighted by Gasteiger charge is 2.44. The second-order valence-corrected chi connectivity index (χ2v) is 8.90. The largest absolute Gasteiger partial charge is 0.493 e. The maximum Gasteiger partial charge on any atom is 0.410 e. The van der Waals surface area contributed by atoms with E-state index in [0.29, 0.717) is 13.1 Å². The number of amides is 2. The molecule has 29 heavy (non-hydrogen) atoms. The maximum absolute atomic E-state index is 12.6. The summed E-state index contributed by atoms with van der Waals surface area (Å²) in [7, 11) is 0. The highest BCUT2D eigenvalue weighted by atomic mass is 16.6. The lowest BCUT2D eigenvalue weighted by molar-refractivity contribution is -0.119. The van der Waals surface area contributed by atoms with Crippen molar-refractivity contribution in [3.05, 3.63) is 30.3 Å². The highest BCUT2D eigenvalue weighted by Crippen LogP contribution is 2.31. The fourth-order valence-electron chi connectivity index (χ4n) is 4.35. The average Bonchev–Trinajstić information content (AvgIpc) is 3.08. The molecule has 8 nitrogen and oxygen atoms in total. The van der Waals surface area contributed by atoms with Gasteiger partial charge in [0.05, 0.1) is 12.1 Å². The molecule has 2 N–H and O–H groups in total. The second kappa shape index (κ2) is 7.26. The van der Waals surface area contributed by atoms with Crippen molar-refractivity contribution in [3.63, 3.8) is 0 Å². The van der Waals surface area contributed by atoms with Crippen LogP contribution in [0.1, 0.15) is 33.6 Å². The number of piperazine rings is 1. The zero-order valence-electron chi connectivity index (χ0n) is 17.1. The van der Waals surface area contributed by atoms with Gasteiger partial charge in [0.25, 0.3) is 5.91 Å². The molecule has 0 radical (unpaired) electrons. The van der Waals surface area contributed by atoms with Gasteiger partial charge in [0.2, 0.25) is 5.88 Å². The van der Waals surface area contributed by atoms with Gasteiger partial charge < -0.3 is 9.84 Å². The number of nitrogens with one attached hydrogen (secondary N) is 1. The van der Waals surface area contributed by atoms with Gasteiger partial charge in [-0.3, -0.25) is 20.0 Å².